The van der Waals surface area contributed by atoms with Gasteiger partial charge < -0.3 is 13.7 Å². The molecule has 7 heteroatoms. The molecule has 0 atom stereocenters. The van der Waals surface area contributed by atoms with Crippen molar-refractivity contribution in [1.29, 1.82) is 0 Å². The molecule has 112 valence electrons. The number of fused-ring (bicyclic) bond motifs is 1. The van der Waals surface area contributed by atoms with Crippen LogP contribution < -0.4 is 5.56 Å². The molecule has 0 radical (unpaired) electrons. The highest BCUT2D eigenvalue weighted by atomic mass is 32.1. The third-order valence-electron chi connectivity index (χ3n) is 3.75. The molecule has 0 spiro atoms. The molecular weight excluding hydrogens is 290 g/mol. The van der Waals surface area contributed by atoms with E-state index in [0.717, 1.165) is 31.4 Å². The minimum absolute atomic E-state index is 0.0722. The zero-order chi connectivity index (χ0) is 14.8. The van der Waals surface area contributed by atoms with Gasteiger partial charge in [-0.3, -0.25) is 4.79 Å². The highest BCUT2D eigenvalue weighted by Gasteiger charge is 2.21. The van der Waals surface area contributed by atoms with Crippen molar-refractivity contribution in [3.8, 4) is 11.5 Å². The number of ether oxygens (including phenoxy) is 1. The molecule has 6 nitrogen and oxygen atoms in total. The van der Waals surface area contributed by atoms with E-state index in [9.17, 15) is 4.79 Å². The lowest BCUT2D eigenvalue weighted by atomic mass is 10.1. The summed E-state index contributed by atoms with van der Waals surface area (Å²) >= 11 is 4.88. The Balaban J connectivity index is 2.08. The average molecular weight is 307 g/mol. The summed E-state index contributed by atoms with van der Waals surface area (Å²) in [5.74, 6) is 0.264. The van der Waals surface area contributed by atoms with Crippen molar-refractivity contribution in [2.75, 3.05) is 13.7 Å². The maximum atomic E-state index is 12.7. The Bertz CT molecular complexity index is 760. The van der Waals surface area contributed by atoms with E-state index in [4.69, 9.17) is 21.4 Å². The van der Waals surface area contributed by atoms with Gasteiger partial charge in [-0.25, -0.2) is 5.10 Å². The number of methoxy groups -OCH3 is 1. The Morgan fingerprint density at radius 1 is 1.52 bits per heavy atom. The number of rotatable bonds is 5. The van der Waals surface area contributed by atoms with Gasteiger partial charge in [0.1, 0.15) is 5.56 Å². The Labute approximate surface area is 126 Å². The summed E-state index contributed by atoms with van der Waals surface area (Å²) in [6, 6.07) is 1.89. The van der Waals surface area contributed by atoms with Crippen molar-refractivity contribution in [3.63, 3.8) is 0 Å². The number of aromatic nitrogens is 3. The number of hydrogen-bond acceptors (Lipinski definition) is 5. The first-order chi connectivity index (χ1) is 10.2. The van der Waals surface area contributed by atoms with E-state index >= 15 is 0 Å². The molecule has 3 rings (SSSR count). The summed E-state index contributed by atoms with van der Waals surface area (Å²) in [4.78, 5) is 12.9. The summed E-state index contributed by atoms with van der Waals surface area (Å²) in [7, 11) is 1.66. The van der Waals surface area contributed by atoms with Crippen LogP contribution in [0.5, 0.6) is 0 Å². The Morgan fingerprint density at radius 3 is 3.10 bits per heavy atom. The van der Waals surface area contributed by atoms with Gasteiger partial charge in [0.25, 0.3) is 16.3 Å². The van der Waals surface area contributed by atoms with Crippen LogP contribution in [-0.2, 0) is 24.1 Å². The predicted octanol–water partition coefficient (Wildman–Crippen LogP) is 2.09. The summed E-state index contributed by atoms with van der Waals surface area (Å²) < 4.78 is 12.2. The summed E-state index contributed by atoms with van der Waals surface area (Å²) in [6.45, 7) is 1.28. The van der Waals surface area contributed by atoms with Crippen molar-refractivity contribution < 1.29 is 9.15 Å². The molecule has 0 saturated carbocycles. The molecule has 0 fully saturated rings. The van der Waals surface area contributed by atoms with Crippen molar-refractivity contribution >= 4 is 12.2 Å². The first kappa shape index (κ1) is 14.2. The number of H-pyrrole nitrogens is 1. The maximum absolute atomic E-state index is 12.7. The molecule has 1 aliphatic carbocycles. The normalized spacial score (nSPS) is 13.6. The van der Waals surface area contributed by atoms with Crippen LogP contribution in [-0.4, -0.2) is 28.5 Å². The number of pyridine rings is 1. The van der Waals surface area contributed by atoms with Crippen molar-refractivity contribution in [2.24, 2.45) is 0 Å². The number of nitrogens with zero attached hydrogens (tertiary/aromatic N) is 2. The quantitative estimate of drug-likeness (QED) is 0.676. The number of aromatic amines is 1. The summed E-state index contributed by atoms with van der Waals surface area (Å²) in [5, 5.41) is 6.54. The fraction of sp³-hybridized carbons (Fsp3) is 0.500. The average Bonchev–Trinajstić information content (AvgIpc) is 3.09. The van der Waals surface area contributed by atoms with Crippen LogP contribution in [0.15, 0.2) is 15.3 Å². The zero-order valence-electron chi connectivity index (χ0n) is 11.8. The van der Waals surface area contributed by atoms with Gasteiger partial charge in [0, 0.05) is 26.0 Å². The molecule has 0 bridgehead atoms. The molecule has 1 N–H and O–H groups in total. The lowest BCUT2D eigenvalue weighted by Crippen LogP contribution is -2.26. The van der Waals surface area contributed by atoms with Gasteiger partial charge in [-0.15, -0.1) is 5.10 Å². The summed E-state index contributed by atoms with van der Waals surface area (Å²) in [5.41, 5.74) is 2.73. The molecule has 0 amide bonds. The second-order valence-electron chi connectivity index (χ2n) is 5.10. The van der Waals surface area contributed by atoms with E-state index in [0.29, 0.717) is 18.7 Å². The fourth-order valence-electron chi connectivity index (χ4n) is 2.82. The van der Waals surface area contributed by atoms with E-state index < -0.39 is 0 Å². The topological polar surface area (TPSA) is 73.1 Å². The monoisotopic (exact) mass is 307 g/mol. The number of aryl methyl sites for hydroxylation is 1. The van der Waals surface area contributed by atoms with E-state index in [2.05, 4.69) is 10.2 Å². The summed E-state index contributed by atoms with van der Waals surface area (Å²) in [6.07, 6.45) is 3.81. The fourth-order valence-corrected chi connectivity index (χ4v) is 2.95. The third kappa shape index (κ3) is 2.71. The molecule has 21 heavy (non-hydrogen) atoms. The van der Waals surface area contributed by atoms with Gasteiger partial charge in [0.15, 0.2) is 0 Å². The van der Waals surface area contributed by atoms with Gasteiger partial charge in [0.05, 0.1) is 0 Å². The minimum Gasteiger partial charge on any atom is -0.409 e. The van der Waals surface area contributed by atoms with Gasteiger partial charge in [-0.1, -0.05) is 0 Å². The van der Waals surface area contributed by atoms with Crippen LogP contribution in [0.4, 0.5) is 0 Å². The highest BCUT2D eigenvalue weighted by molar-refractivity contribution is 7.71. The number of nitrogens with one attached hydrogen (secondary N) is 1. The second kappa shape index (κ2) is 5.95. The number of hydrogen-bond donors (Lipinski definition) is 1. The van der Waals surface area contributed by atoms with Crippen molar-refractivity contribution in [1.82, 2.24) is 14.8 Å². The molecular formula is C14H17N3O3S. The molecule has 2 aromatic heterocycles. The van der Waals surface area contributed by atoms with Gasteiger partial charge in [-0.05, 0) is 49.5 Å². The largest absolute Gasteiger partial charge is 0.409 e. The van der Waals surface area contributed by atoms with Gasteiger partial charge in [0.2, 0.25) is 0 Å². The van der Waals surface area contributed by atoms with E-state index in [1.807, 2.05) is 10.6 Å². The van der Waals surface area contributed by atoms with Crippen molar-refractivity contribution in [3.05, 3.63) is 32.5 Å². The molecule has 2 heterocycles. The standard InChI is InChI=1S/C14H17N3O3S/c1-19-7-3-6-17-11-5-2-4-9(11)8-10(13(17)18)12-15-16-14(21)20-12/h8H,2-7H2,1H3,(H,16,21). The highest BCUT2D eigenvalue weighted by Crippen LogP contribution is 2.24. The first-order valence-corrected chi connectivity index (χ1v) is 7.42. The molecule has 0 unspecified atom stereocenters. The third-order valence-corrected chi connectivity index (χ3v) is 3.92. The lowest BCUT2D eigenvalue weighted by Gasteiger charge is -2.13. The van der Waals surface area contributed by atoms with Gasteiger partial charge >= 0.3 is 0 Å². The zero-order valence-corrected chi connectivity index (χ0v) is 12.7. The van der Waals surface area contributed by atoms with Crippen LogP contribution in [0.2, 0.25) is 0 Å². The van der Waals surface area contributed by atoms with Crippen LogP contribution in [0.25, 0.3) is 11.5 Å². The van der Waals surface area contributed by atoms with Crippen LogP contribution >= 0.6 is 12.2 Å². The van der Waals surface area contributed by atoms with Crippen LogP contribution in [0.3, 0.4) is 0 Å². The predicted molar refractivity (Wildman–Crippen MR) is 79.9 cm³/mol. The first-order valence-electron chi connectivity index (χ1n) is 7.01. The van der Waals surface area contributed by atoms with Gasteiger partial charge in [-0.2, -0.15) is 0 Å². The SMILES string of the molecule is COCCCn1c2c(cc(-c3n[nH]c(=S)o3)c1=O)CCC2. The molecule has 0 aliphatic heterocycles. The second-order valence-corrected chi connectivity index (χ2v) is 5.48. The molecule has 0 aromatic carbocycles. The minimum atomic E-state index is -0.0722. The van der Waals surface area contributed by atoms with E-state index in [1.54, 1.807) is 7.11 Å². The lowest BCUT2D eigenvalue weighted by molar-refractivity contribution is 0.189. The van der Waals surface area contributed by atoms with E-state index in [1.165, 1.54) is 5.56 Å². The Kier molecular flexibility index (Phi) is 4.03. The smallest absolute Gasteiger partial charge is 0.284 e. The maximum Gasteiger partial charge on any atom is 0.284 e. The molecule has 1 aliphatic rings. The van der Waals surface area contributed by atoms with Crippen LogP contribution in [0.1, 0.15) is 24.1 Å². The van der Waals surface area contributed by atoms with Crippen molar-refractivity contribution in [2.45, 2.75) is 32.2 Å². The Morgan fingerprint density at radius 2 is 2.38 bits per heavy atom. The Hall–Kier alpha value is -1.73. The van der Waals surface area contributed by atoms with E-state index in [-0.39, 0.29) is 16.3 Å². The molecule has 2 aromatic rings. The van der Waals surface area contributed by atoms with Crippen LogP contribution in [0, 0.1) is 4.84 Å². The molecule has 0 saturated heterocycles.